The molecule has 0 aromatic carbocycles. The van der Waals surface area contributed by atoms with Crippen molar-refractivity contribution in [1.82, 2.24) is 15.2 Å². The van der Waals surface area contributed by atoms with Crippen LogP contribution in [0.4, 0.5) is 4.39 Å². The van der Waals surface area contributed by atoms with Gasteiger partial charge in [-0.2, -0.15) is 0 Å². The maximum atomic E-state index is 12.9. The van der Waals surface area contributed by atoms with Gasteiger partial charge < -0.3 is 10.2 Å². The van der Waals surface area contributed by atoms with Crippen molar-refractivity contribution in [2.24, 2.45) is 0 Å². The zero-order valence-corrected chi connectivity index (χ0v) is 12.4. The molecule has 1 atom stereocenters. The van der Waals surface area contributed by atoms with Crippen molar-refractivity contribution < 1.29 is 4.39 Å². The molecule has 3 nitrogen and oxygen atoms in total. The van der Waals surface area contributed by atoms with E-state index in [-0.39, 0.29) is 11.9 Å². The van der Waals surface area contributed by atoms with Crippen molar-refractivity contribution in [2.45, 2.75) is 45.1 Å². The largest absolute Gasteiger partial charge is 0.307 e. The number of pyridine rings is 1. The number of hydrogen-bond acceptors (Lipinski definition) is 3. The summed E-state index contributed by atoms with van der Waals surface area (Å²) in [5.74, 6) is -0.270. The molecule has 0 amide bonds. The molecule has 2 rings (SSSR count). The van der Waals surface area contributed by atoms with Gasteiger partial charge in [-0.25, -0.2) is 4.39 Å². The van der Waals surface area contributed by atoms with E-state index >= 15 is 0 Å². The molecule has 0 aliphatic carbocycles. The summed E-state index contributed by atoms with van der Waals surface area (Å²) in [7, 11) is 0. The lowest BCUT2D eigenvalue weighted by molar-refractivity contribution is 0.278. The van der Waals surface area contributed by atoms with Gasteiger partial charge in [-0.3, -0.25) is 4.98 Å². The van der Waals surface area contributed by atoms with Crippen molar-refractivity contribution in [3.63, 3.8) is 0 Å². The van der Waals surface area contributed by atoms with Crippen LogP contribution in [-0.2, 0) is 0 Å². The molecule has 1 unspecified atom stereocenters. The number of nitrogens with zero attached hydrogens (tertiary/aromatic N) is 2. The Kier molecular flexibility index (Phi) is 6.40. The van der Waals surface area contributed by atoms with Crippen molar-refractivity contribution in [1.29, 1.82) is 0 Å². The van der Waals surface area contributed by atoms with E-state index in [0.717, 1.165) is 25.2 Å². The first-order valence-electron chi connectivity index (χ1n) is 7.87. The van der Waals surface area contributed by atoms with Gasteiger partial charge in [-0.15, -0.1) is 0 Å². The monoisotopic (exact) mass is 279 g/mol. The van der Waals surface area contributed by atoms with Crippen molar-refractivity contribution in [3.05, 3.63) is 29.8 Å². The average molecular weight is 279 g/mol. The maximum Gasteiger partial charge on any atom is 0.141 e. The average Bonchev–Trinajstić information content (AvgIpc) is 2.74. The normalized spacial score (nSPS) is 18.7. The van der Waals surface area contributed by atoms with Crippen LogP contribution in [0.1, 0.15) is 50.8 Å². The zero-order valence-electron chi connectivity index (χ0n) is 12.4. The second-order valence-electron chi connectivity index (χ2n) is 5.57. The maximum absolute atomic E-state index is 12.9. The Hall–Kier alpha value is -1.00. The van der Waals surface area contributed by atoms with Gasteiger partial charge in [0.2, 0.25) is 0 Å². The Morgan fingerprint density at radius 3 is 2.60 bits per heavy atom. The van der Waals surface area contributed by atoms with E-state index in [4.69, 9.17) is 0 Å². The molecule has 0 bridgehead atoms. The fourth-order valence-corrected chi connectivity index (χ4v) is 2.81. The van der Waals surface area contributed by atoms with Gasteiger partial charge in [-0.1, -0.05) is 19.8 Å². The van der Waals surface area contributed by atoms with Gasteiger partial charge >= 0.3 is 0 Å². The minimum absolute atomic E-state index is 0.225. The number of halogens is 1. The van der Waals surface area contributed by atoms with Crippen LogP contribution in [0, 0.1) is 5.82 Å². The highest BCUT2D eigenvalue weighted by Gasteiger charge is 2.12. The number of hydrogen-bond donors (Lipinski definition) is 1. The van der Waals surface area contributed by atoms with Crippen molar-refractivity contribution in [2.75, 3.05) is 26.2 Å². The SMILES string of the molecule is CCC(NCCN1CCCCCC1)c1ccc(F)cn1. The zero-order chi connectivity index (χ0) is 14.2. The highest BCUT2D eigenvalue weighted by Crippen LogP contribution is 2.14. The van der Waals surface area contributed by atoms with E-state index < -0.39 is 0 Å². The summed E-state index contributed by atoms with van der Waals surface area (Å²) in [5, 5.41) is 3.55. The topological polar surface area (TPSA) is 28.2 Å². The van der Waals surface area contributed by atoms with E-state index in [0.29, 0.717) is 0 Å². The first-order chi connectivity index (χ1) is 9.79. The molecular formula is C16H26FN3. The van der Waals surface area contributed by atoms with Crippen LogP contribution < -0.4 is 5.32 Å². The molecule has 112 valence electrons. The van der Waals surface area contributed by atoms with Gasteiger partial charge in [0, 0.05) is 19.1 Å². The molecule has 1 N–H and O–H groups in total. The molecule has 1 aromatic heterocycles. The summed E-state index contributed by atoms with van der Waals surface area (Å²) >= 11 is 0. The van der Waals surface area contributed by atoms with E-state index in [2.05, 4.69) is 22.1 Å². The van der Waals surface area contributed by atoms with Gasteiger partial charge in [0.05, 0.1) is 11.9 Å². The smallest absolute Gasteiger partial charge is 0.141 e. The Morgan fingerprint density at radius 1 is 1.25 bits per heavy atom. The molecule has 1 aliphatic rings. The molecule has 1 saturated heterocycles. The van der Waals surface area contributed by atoms with Gasteiger partial charge in [0.1, 0.15) is 5.82 Å². The third kappa shape index (κ3) is 4.84. The van der Waals surface area contributed by atoms with Crippen LogP contribution in [0.25, 0.3) is 0 Å². The predicted molar refractivity (Wildman–Crippen MR) is 80.1 cm³/mol. The predicted octanol–water partition coefficient (Wildman–Crippen LogP) is 3.14. The van der Waals surface area contributed by atoms with E-state index in [1.165, 1.54) is 51.0 Å². The third-order valence-electron chi connectivity index (χ3n) is 4.03. The summed E-state index contributed by atoms with van der Waals surface area (Å²) < 4.78 is 12.9. The van der Waals surface area contributed by atoms with Crippen LogP contribution in [0.5, 0.6) is 0 Å². The summed E-state index contributed by atoms with van der Waals surface area (Å²) in [4.78, 5) is 6.73. The highest BCUT2D eigenvalue weighted by molar-refractivity contribution is 5.09. The molecule has 0 saturated carbocycles. The molecule has 1 fully saturated rings. The second kappa shape index (κ2) is 8.32. The van der Waals surface area contributed by atoms with Crippen LogP contribution in [-0.4, -0.2) is 36.1 Å². The molecule has 0 radical (unpaired) electrons. The number of rotatable bonds is 6. The van der Waals surface area contributed by atoms with Crippen LogP contribution in [0.15, 0.2) is 18.3 Å². The number of nitrogens with one attached hydrogen (secondary N) is 1. The van der Waals surface area contributed by atoms with Crippen LogP contribution >= 0.6 is 0 Å². The standard InChI is InChI=1S/C16H26FN3/c1-2-15(16-8-7-14(17)13-19-16)18-9-12-20-10-5-3-4-6-11-20/h7-8,13,15,18H,2-6,9-12H2,1H3. The molecular weight excluding hydrogens is 253 g/mol. The molecule has 2 heterocycles. The van der Waals surface area contributed by atoms with Crippen LogP contribution in [0.2, 0.25) is 0 Å². The lowest BCUT2D eigenvalue weighted by Gasteiger charge is -2.22. The minimum atomic E-state index is -0.270. The van der Waals surface area contributed by atoms with E-state index in [1.807, 2.05) is 0 Å². The molecule has 4 heteroatoms. The summed E-state index contributed by atoms with van der Waals surface area (Å²) in [6.07, 6.45) is 7.68. The Morgan fingerprint density at radius 2 is 2.00 bits per heavy atom. The van der Waals surface area contributed by atoms with Gasteiger partial charge in [0.25, 0.3) is 0 Å². The fraction of sp³-hybridized carbons (Fsp3) is 0.688. The van der Waals surface area contributed by atoms with Crippen molar-refractivity contribution >= 4 is 0 Å². The summed E-state index contributed by atoms with van der Waals surface area (Å²) in [5.41, 5.74) is 0.935. The third-order valence-corrected chi connectivity index (χ3v) is 4.03. The highest BCUT2D eigenvalue weighted by atomic mass is 19.1. The molecule has 1 aliphatic heterocycles. The number of likely N-dealkylation sites (tertiary alicyclic amines) is 1. The lowest BCUT2D eigenvalue weighted by Crippen LogP contribution is -2.34. The number of aromatic nitrogens is 1. The van der Waals surface area contributed by atoms with E-state index in [1.54, 1.807) is 6.07 Å². The van der Waals surface area contributed by atoms with Gasteiger partial charge in [0.15, 0.2) is 0 Å². The molecule has 0 spiro atoms. The first kappa shape index (κ1) is 15.4. The van der Waals surface area contributed by atoms with Crippen molar-refractivity contribution in [3.8, 4) is 0 Å². The molecule has 1 aromatic rings. The quantitative estimate of drug-likeness (QED) is 0.867. The molecule has 20 heavy (non-hydrogen) atoms. The van der Waals surface area contributed by atoms with Crippen LogP contribution in [0.3, 0.4) is 0 Å². The fourth-order valence-electron chi connectivity index (χ4n) is 2.81. The Balaban J connectivity index is 1.77. The lowest BCUT2D eigenvalue weighted by atomic mass is 10.1. The van der Waals surface area contributed by atoms with Gasteiger partial charge in [-0.05, 0) is 44.5 Å². The second-order valence-corrected chi connectivity index (χ2v) is 5.57. The Labute approximate surface area is 121 Å². The minimum Gasteiger partial charge on any atom is -0.307 e. The first-order valence-corrected chi connectivity index (χ1v) is 7.87. The van der Waals surface area contributed by atoms with E-state index in [9.17, 15) is 4.39 Å². The summed E-state index contributed by atoms with van der Waals surface area (Å²) in [6, 6.07) is 3.49. The summed E-state index contributed by atoms with van der Waals surface area (Å²) in [6.45, 7) is 6.66. The Bertz CT molecular complexity index is 372.